The van der Waals surface area contributed by atoms with Crippen LogP contribution in [0.5, 0.6) is 0 Å². The highest BCUT2D eigenvalue weighted by Crippen LogP contribution is 2.28. The van der Waals surface area contributed by atoms with E-state index < -0.39 is 5.97 Å². The zero-order valence-electron chi connectivity index (χ0n) is 11.2. The number of hydrazine groups is 1. The van der Waals surface area contributed by atoms with Gasteiger partial charge in [0.2, 0.25) is 0 Å². The van der Waals surface area contributed by atoms with E-state index in [1.54, 1.807) is 32.0 Å². The number of benzene rings is 1. The molecule has 1 aliphatic heterocycles. The van der Waals surface area contributed by atoms with Crippen LogP contribution in [-0.2, 0) is 9.53 Å². The lowest BCUT2D eigenvalue weighted by Crippen LogP contribution is -2.36. The lowest BCUT2D eigenvalue weighted by Gasteiger charge is -2.24. The first-order valence-electron chi connectivity index (χ1n) is 6.07. The van der Waals surface area contributed by atoms with Crippen LogP contribution in [0.1, 0.15) is 19.4 Å². The number of hydrogen-bond donors (Lipinski definition) is 4. The molecule has 1 heterocycles. The summed E-state index contributed by atoms with van der Waals surface area (Å²) >= 11 is 5.11. The predicted octanol–water partition coefficient (Wildman–Crippen LogP) is 1.15. The van der Waals surface area contributed by atoms with Crippen molar-refractivity contribution in [2.24, 2.45) is 5.73 Å². The Labute approximate surface area is 122 Å². The van der Waals surface area contributed by atoms with Crippen LogP contribution in [0.25, 0.3) is 5.70 Å². The third kappa shape index (κ3) is 2.67. The van der Waals surface area contributed by atoms with Crippen molar-refractivity contribution < 1.29 is 9.53 Å². The van der Waals surface area contributed by atoms with Gasteiger partial charge in [0.25, 0.3) is 0 Å². The number of nitrogens with two attached hydrogens (primary N) is 2. The molecule has 106 valence electrons. The van der Waals surface area contributed by atoms with Crippen molar-refractivity contribution in [2.75, 3.05) is 11.2 Å². The molecule has 20 heavy (non-hydrogen) atoms. The number of carbonyl (C=O) groups excluding carboxylic acids is 1. The SMILES string of the molecule is CC(C)OC(=O)C(=S)C1=C(N)c2cc(N)ccc2NN1. The smallest absolute Gasteiger partial charge is 0.351 e. The summed E-state index contributed by atoms with van der Waals surface area (Å²) in [6.45, 7) is 3.50. The largest absolute Gasteiger partial charge is 0.459 e. The predicted molar refractivity (Wildman–Crippen MR) is 82.5 cm³/mol. The number of nitrogens with one attached hydrogen (secondary N) is 2. The molecular weight excluding hydrogens is 276 g/mol. The van der Waals surface area contributed by atoms with Crippen molar-refractivity contribution in [3.05, 3.63) is 29.5 Å². The molecule has 6 nitrogen and oxygen atoms in total. The van der Waals surface area contributed by atoms with Crippen molar-refractivity contribution in [1.82, 2.24) is 5.43 Å². The molecule has 2 rings (SSSR count). The minimum Gasteiger partial charge on any atom is -0.459 e. The van der Waals surface area contributed by atoms with Crippen LogP contribution in [0.2, 0.25) is 0 Å². The van der Waals surface area contributed by atoms with Gasteiger partial charge in [-0.1, -0.05) is 12.2 Å². The van der Waals surface area contributed by atoms with Gasteiger partial charge in [0.15, 0.2) is 0 Å². The van der Waals surface area contributed by atoms with Gasteiger partial charge in [-0.2, -0.15) is 0 Å². The molecule has 0 atom stereocenters. The summed E-state index contributed by atoms with van der Waals surface area (Å²) in [6.07, 6.45) is -0.248. The topological polar surface area (TPSA) is 102 Å². The molecule has 0 radical (unpaired) electrons. The molecule has 0 amide bonds. The number of fused-ring (bicyclic) bond motifs is 1. The van der Waals surface area contributed by atoms with Gasteiger partial charge in [0.05, 0.1) is 17.5 Å². The average molecular weight is 292 g/mol. The number of carbonyl (C=O) groups is 1. The van der Waals surface area contributed by atoms with Crippen molar-refractivity contribution >= 4 is 40.1 Å². The Hall–Kier alpha value is -2.28. The minimum absolute atomic E-state index is 0.00299. The number of rotatable bonds is 3. The summed E-state index contributed by atoms with van der Waals surface area (Å²) in [5.41, 5.74) is 20.2. The fraction of sp³-hybridized carbons (Fsp3) is 0.231. The first-order valence-corrected chi connectivity index (χ1v) is 6.48. The number of hydrogen-bond acceptors (Lipinski definition) is 7. The summed E-state index contributed by atoms with van der Waals surface area (Å²) in [5.74, 6) is -0.588. The molecule has 0 saturated heterocycles. The quantitative estimate of drug-likeness (QED) is 0.376. The molecule has 0 unspecified atom stereocenters. The Morgan fingerprint density at radius 1 is 1.30 bits per heavy atom. The van der Waals surface area contributed by atoms with E-state index in [1.807, 2.05) is 0 Å². The standard InChI is InChI=1S/C13H16N4O2S/c1-6(2)19-13(18)12(20)11-10(15)8-5-7(14)3-4-9(8)16-17-11/h3-6,16-17H,14-15H2,1-2H3. The first kappa shape index (κ1) is 14.1. The molecule has 1 aromatic carbocycles. The van der Waals surface area contributed by atoms with Crippen LogP contribution in [0, 0.1) is 0 Å². The van der Waals surface area contributed by atoms with Gasteiger partial charge >= 0.3 is 5.97 Å². The average Bonchev–Trinajstić information content (AvgIpc) is 2.38. The van der Waals surface area contributed by atoms with Gasteiger partial charge in [-0.15, -0.1) is 0 Å². The molecule has 1 aliphatic rings. The Morgan fingerprint density at radius 3 is 2.65 bits per heavy atom. The van der Waals surface area contributed by atoms with Crippen LogP contribution < -0.4 is 22.3 Å². The normalized spacial score (nSPS) is 13.3. The maximum absolute atomic E-state index is 11.8. The zero-order chi connectivity index (χ0) is 14.9. The van der Waals surface area contributed by atoms with Crippen LogP contribution in [-0.4, -0.2) is 16.9 Å². The molecule has 7 heteroatoms. The highest BCUT2D eigenvalue weighted by Gasteiger charge is 2.24. The van der Waals surface area contributed by atoms with Crippen molar-refractivity contribution in [3.63, 3.8) is 0 Å². The molecule has 0 aliphatic carbocycles. The summed E-state index contributed by atoms with van der Waals surface area (Å²) < 4.78 is 5.06. The fourth-order valence-corrected chi connectivity index (χ4v) is 1.98. The maximum atomic E-state index is 11.8. The van der Waals surface area contributed by atoms with E-state index in [-0.39, 0.29) is 11.0 Å². The molecule has 0 fully saturated rings. The van der Waals surface area contributed by atoms with Crippen molar-refractivity contribution in [1.29, 1.82) is 0 Å². The van der Waals surface area contributed by atoms with Crippen LogP contribution in [0.4, 0.5) is 11.4 Å². The molecule has 1 aromatic rings. The maximum Gasteiger partial charge on any atom is 0.351 e. The van der Waals surface area contributed by atoms with E-state index in [2.05, 4.69) is 10.9 Å². The summed E-state index contributed by atoms with van der Waals surface area (Å²) in [4.78, 5) is 11.8. The van der Waals surface area contributed by atoms with E-state index in [4.69, 9.17) is 28.4 Å². The highest BCUT2D eigenvalue weighted by atomic mass is 32.1. The number of ether oxygens (including phenoxy) is 1. The molecule has 0 aromatic heterocycles. The Morgan fingerprint density at radius 2 is 2.00 bits per heavy atom. The van der Waals surface area contributed by atoms with Crippen LogP contribution >= 0.6 is 12.2 Å². The van der Waals surface area contributed by atoms with E-state index in [1.165, 1.54) is 0 Å². The molecular formula is C13H16N4O2S. The van der Waals surface area contributed by atoms with E-state index in [9.17, 15) is 4.79 Å². The third-order valence-electron chi connectivity index (χ3n) is 2.68. The second kappa shape index (κ2) is 5.38. The highest BCUT2D eigenvalue weighted by molar-refractivity contribution is 7.82. The van der Waals surface area contributed by atoms with Gasteiger partial charge in [-0.05, 0) is 32.0 Å². The second-order valence-electron chi connectivity index (χ2n) is 4.63. The second-order valence-corrected chi connectivity index (χ2v) is 5.04. The lowest BCUT2D eigenvalue weighted by atomic mass is 10.0. The summed E-state index contributed by atoms with van der Waals surface area (Å²) in [7, 11) is 0. The number of esters is 1. The number of thiocarbonyl (C=S) groups is 1. The van der Waals surface area contributed by atoms with Gasteiger partial charge < -0.3 is 21.6 Å². The van der Waals surface area contributed by atoms with Gasteiger partial charge in [0.1, 0.15) is 10.6 Å². The van der Waals surface area contributed by atoms with Gasteiger partial charge in [-0.25, -0.2) is 4.79 Å². The lowest BCUT2D eigenvalue weighted by molar-refractivity contribution is -0.138. The molecule has 6 N–H and O–H groups in total. The Kier molecular flexibility index (Phi) is 3.80. The van der Waals surface area contributed by atoms with Crippen molar-refractivity contribution in [3.8, 4) is 0 Å². The fourth-order valence-electron chi connectivity index (χ4n) is 1.77. The summed E-state index contributed by atoms with van der Waals surface area (Å²) in [6, 6.07) is 5.25. The van der Waals surface area contributed by atoms with Crippen LogP contribution in [0.3, 0.4) is 0 Å². The van der Waals surface area contributed by atoms with E-state index in [0.717, 1.165) is 5.69 Å². The monoisotopic (exact) mass is 292 g/mol. The third-order valence-corrected chi connectivity index (χ3v) is 3.05. The number of anilines is 2. The zero-order valence-corrected chi connectivity index (χ0v) is 12.0. The van der Waals surface area contributed by atoms with Crippen molar-refractivity contribution in [2.45, 2.75) is 20.0 Å². The minimum atomic E-state index is -0.588. The van der Waals surface area contributed by atoms with E-state index >= 15 is 0 Å². The van der Waals surface area contributed by atoms with Crippen LogP contribution in [0.15, 0.2) is 23.9 Å². The Bertz CT molecular complexity index is 610. The first-order chi connectivity index (χ1) is 9.40. The molecule has 0 saturated carbocycles. The molecule has 0 bridgehead atoms. The molecule has 0 spiro atoms. The van der Waals surface area contributed by atoms with Gasteiger partial charge in [0, 0.05) is 11.3 Å². The van der Waals surface area contributed by atoms with Gasteiger partial charge in [-0.3, -0.25) is 5.43 Å². The Balaban J connectivity index is 2.35. The number of nitrogen functional groups attached to an aromatic ring is 1. The summed E-state index contributed by atoms with van der Waals surface area (Å²) in [5, 5.41) is 0. The van der Waals surface area contributed by atoms with E-state index in [0.29, 0.717) is 22.6 Å².